The summed E-state index contributed by atoms with van der Waals surface area (Å²) in [6, 6.07) is 5.75. The number of nitro benzene ring substituents is 1. The molecule has 0 heterocycles. The van der Waals surface area contributed by atoms with Crippen molar-refractivity contribution in [1.29, 1.82) is 0 Å². The molecule has 0 saturated carbocycles. The fourth-order valence-electron chi connectivity index (χ4n) is 0.892. The van der Waals surface area contributed by atoms with Crippen LogP contribution in [0.25, 0.3) is 0 Å². The highest BCUT2D eigenvalue weighted by molar-refractivity contribution is 5.76. The number of hydroxylamine groups is 1. The van der Waals surface area contributed by atoms with Gasteiger partial charge in [0.1, 0.15) is 7.05 Å². The monoisotopic (exact) mass is 180 g/mol. The van der Waals surface area contributed by atoms with Gasteiger partial charge in [-0.3, -0.25) is 10.1 Å². The van der Waals surface area contributed by atoms with Crippen LogP contribution in [-0.4, -0.2) is 22.9 Å². The number of non-ortho nitro benzene ring substituents is 1. The minimum absolute atomic E-state index is 0.0192. The van der Waals surface area contributed by atoms with Gasteiger partial charge in [0.25, 0.3) is 5.69 Å². The Hall–Kier alpha value is -1.91. The van der Waals surface area contributed by atoms with E-state index >= 15 is 0 Å². The van der Waals surface area contributed by atoms with Crippen LogP contribution in [0.4, 0.5) is 5.69 Å². The number of hydrogen-bond donors (Lipinski definition) is 0. The molecule has 0 saturated heterocycles. The number of nitrogens with zero attached hydrogens (tertiary/aromatic N) is 2. The number of benzene rings is 1. The summed E-state index contributed by atoms with van der Waals surface area (Å²) in [5.41, 5.74) is 0.661. The van der Waals surface area contributed by atoms with Gasteiger partial charge in [0.2, 0.25) is 0 Å². The van der Waals surface area contributed by atoms with E-state index in [1.54, 1.807) is 0 Å². The number of rotatable bonds is 2. The van der Waals surface area contributed by atoms with Gasteiger partial charge in [0, 0.05) is 17.7 Å². The van der Waals surface area contributed by atoms with E-state index in [4.69, 9.17) is 0 Å². The van der Waals surface area contributed by atoms with Crippen molar-refractivity contribution in [3.8, 4) is 0 Å². The lowest BCUT2D eigenvalue weighted by Crippen LogP contribution is -1.97. The van der Waals surface area contributed by atoms with E-state index in [-0.39, 0.29) is 5.69 Å². The van der Waals surface area contributed by atoms with Crippen LogP contribution in [-0.2, 0) is 0 Å². The molecule has 68 valence electrons. The first-order valence-corrected chi connectivity index (χ1v) is 3.59. The van der Waals surface area contributed by atoms with Gasteiger partial charge in [0.15, 0.2) is 6.21 Å². The Morgan fingerprint density at radius 2 is 1.77 bits per heavy atom. The molecule has 0 aliphatic heterocycles. The lowest BCUT2D eigenvalue weighted by molar-refractivity contribution is -0.416. The molecule has 5 heteroatoms. The van der Waals surface area contributed by atoms with Crippen LogP contribution in [0.1, 0.15) is 5.56 Å². The second-order valence-electron chi connectivity index (χ2n) is 2.52. The van der Waals surface area contributed by atoms with Crippen LogP contribution in [0.15, 0.2) is 24.3 Å². The zero-order valence-electron chi connectivity index (χ0n) is 7.01. The van der Waals surface area contributed by atoms with Crippen LogP contribution in [0.5, 0.6) is 0 Å². The highest BCUT2D eigenvalue weighted by atomic mass is 16.6. The van der Waals surface area contributed by atoms with Crippen LogP contribution in [0.3, 0.4) is 0 Å². The summed E-state index contributed by atoms with van der Waals surface area (Å²) < 4.78 is 0.640. The maximum Gasteiger partial charge on any atom is 0.269 e. The third-order valence-corrected chi connectivity index (χ3v) is 1.43. The highest BCUT2D eigenvalue weighted by Crippen LogP contribution is 2.10. The van der Waals surface area contributed by atoms with Gasteiger partial charge >= 0.3 is 0 Å². The third kappa shape index (κ3) is 2.55. The Morgan fingerprint density at radius 3 is 2.15 bits per heavy atom. The zero-order chi connectivity index (χ0) is 9.84. The second-order valence-corrected chi connectivity index (χ2v) is 2.52. The number of nitro groups is 1. The molecule has 0 unspecified atom stereocenters. The molecule has 1 aromatic rings. The maximum absolute atomic E-state index is 10.6. The fourth-order valence-corrected chi connectivity index (χ4v) is 0.892. The Morgan fingerprint density at radius 1 is 1.23 bits per heavy atom. The SMILES string of the molecule is C[N+]([O-])=Cc1ccc([N+](=O)[O-])cc1. The van der Waals surface area contributed by atoms with E-state index < -0.39 is 4.92 Å². The summed E-state index contributed by atoms with van der Waals surface area (Å²) in [5, 5.41) is 20.8. The molecular weight excluding hydrogens is 172 g/mol. The fraction of sp³-hybridized carbons (Fsp3) is 0.125. The first-order chi connectivity index (χ1) is 6.09. The molecule has 0 amide bonds. The standard InChI is InChI=1S/C8H8N2O3/c1-9(11)6-7-2-4-8(5-3-7)10(12)13/h2-6H,1H3. The van der Waals surface area contributed by atoms with Crippen LogP contribution >= 0.6 is 0 Å². The van der Waals surface area contributed by atoms with Crippen molar-refractivity contribution >= 4 is 11.9 Å². The lowest BCUT2D eigenvalue weighted by atomic mass is 10.2. The molecule has 0 bridgehead atoms. The molecule has 1 aromatic carbocycles. The molecule has 0 atom stereocenters. The molecule has 1 rings (SSSR count). The average Bonchev–Trinajstić information content (AvgIpc) is 2.04. The highest BCUT2D eigenvalue weighted by Gasteiger charge is 2.03. The van der Waals surface area contributed by atoms with Gasteiger partial charge in [-0.05, 0) is 12.1 Å². The second kappa shape index (κ2) is 3.66. The quantitative estimate of drug-likeness (QED) is 0.225. The summed E-state index contributed by atoms with van der Waals surface area (Å²) in [5.74, 6) is 0. The smallest absolute Gasteiger partial charge is 0.269 e. The first kappa shape index (κ1) is 9.18. The largest absolute Gasteiger partial charge is 0.624 e. The van der Waals surface area contributed by atoms with Gasteiger partial charge < -0.3 is 5.21 Å². The lowest BCUT2D eigenvalue weighted by Gasteiger charge is -1.95. The molecule has 5 nitrogen and oxygen atoms in total. The molecule has 0 spiro atoms. The predicted molar refractivity (Wildman–Crippen MR) is 47.8 cm³/mol. The first-order valence-electron chi connectivity index (χ1n) is 3.59. The Labute approximate surface area is 74.7 Å². The predicted octanol–water partition coefficient (Wildman–Crippen LogP) is 1.15. The van der Waals surface area contributed by atoms with Crippen molar-refractivity contribution in [1.82, 2.24) is 0 Å². The maximum atomic E-state index is 10.6. The van der Waals surface area contributed by atoms with E-state index in [9.17, 15) is 15.3 Å². The minimum atomic E-state index is -0.481. The van der Waals surface area contributed by atoms with Gasteiger partial charge in [0.05, 0.1) is 4.92 Å². The Kier molecular flexibility index (Phi) is 2.59. The molecule has 0 aliphatic carbocycles. The summed E-state index contributed by atoms with van der Waals surface area (Å²) >= 11 is 0. The molecule has 0 fully saturated rings. The van der Waals surface area contributed by atoms with Crippen molar-refractivity contribution in [3.05, 3.63) is 45.2 Å². The Bertz CT molecular complexity index is 339. The zero-order valence-corrected chi connectivity index (χ0v) is 7.01. The Balaban J connectivity index is 2.94. The van der Waals surface area contributed by atoms with Gasteiger partial charge in [-0.2, -0.15) is 0 Å². The van der Waals surface area contributed by atoms with E-state index in [0.29, 0.717) is 10.3 Å². The van der Waals surface area contributed by atoms with Crippen molar-refractivity contribution in [2.45, 2.75) is 0 Å². The molecule has 13 heavy (non-hydrogen) atoms. The molecule has 0 aromatic heterocycles. The van der Waals surface area contributed by atoms with Crippen molar-refractivity contribution in [2.24, 2.45) is 0 Å². The molecular formula is C8H8N2O3. The summed E-state index contributed by atoms with van der Waals surface area (Å²) in [6.45, 7) is 0. The minimum Gasteiger partial charge on any atom is -0.624 e. The van der Waals surface area contributed by atoms with Crippen LogP contribution in [0, 0.1) is 15.3 Å². The van der Waals surface area contributed by atoms with Crippen LogP contribution in [0.2, 0.25) is 0 Å². The molecule has 0 radical (unpaired) electrons. The normalized spacial score (nSPS) is 11.3. The topological polar surface area (TPSA) is 69.2 Å². The summed E-state index contributed by atoms with van der Waals surface area (Å²) in [4.78, 5) is 9.78. The van der Waals surface area contributed by atoms with Crippen molar-refractivity contribution < 1.29 is 9.66 Å². The van der Waals surface area contributed by atoms with Gasteiger partial charge in [-0.15, -0.1) is 0 Å². The van der Waals surface area contributed by atoms with Gasteiger partial charge in [-0.1, -0.05) is 0 Å². The van der Waals surface area contributed by atoms with Gasteiger partial charge in [-0.25, -0.2) is 4.74 Å². The third-order valence-electron chi connectivity index (χ3n) is 1.43. The summed E-state index contributed by atoms with van der Waals surface area (Å²) in [7, 11) is 1.35. The van der Waals surface area contributed by atoms with E-state index in [1.807, 2.05) is 0 Å². The van der Waals surface area contributed by atoms with Crippen LogP contribution < -0.4 is 0 Å². The van der Waals surface area contributed by atoms with Crippen molar-refractivity contribution in [3.63, 3.8) is 0 Å². The van der Waals surface area contributed by atoms with E-state index in [1.165, 1.54) is 37.5 Å². The molecule has 0 aliphatic rings. The average molecular weight is 180 g/mol. The van der Waals surface area contributed by atoms with Crippen molar-refractivity contribution in [2.75, 3.05) is 7.05 Å². The molecule has 0 N–H and O–H groups in total. The summed E-state index contributed by atoms with van der Waals surface area (Å²) in [6.07, 6.45) is 1.34. The van der Waals surface area contributed by atoms with E-state index in [2.05, 4.69) is 0 Å². The number of hydrogen-bond acceptors (Lipinski definition) is 3. The van der Waals surface area contributed by atoms with E-state index in [0.717, 1.165) is 0 Å².